The summed E-state index contributed by atoms with van der Waals surface area (Å²) < 4.78 is 22.8. The molecule has 0 aromatic heterocycles. The molecule has 0 radical (unpaired) electrons. The average molecular weight is 228 g/mol. The highest BCUT2D eigenvalue weighted by Crippen LogP contribution is 2.15. The second-order valence-electron chi connectivity index (χ2n) is 2.99. The smallest absolute Gasteiger partial charge is 0.310 e. The van der Waals surface area contributed by atoms with Crippen LogP contribution in [0.15, 0.2) is 0 Å². The van der Waals surface area contributed by atoms with E-state index < -0.39 is 8.69 Å². The van der Waals surface area contributed by atoms with Gasteiger partial charge in [0.2, 0.25) is 0 Å². The van der Waals surface area contributed by atoms with Gasteiger partial charge in [-0.2, -0.15) is 0 Å². The van der Waals surface area contributed by atoms with Gasteiger partial charge in [0.1, 0.15) is 0 Å². The number of rotatable bonds is 2. The predicted molar refractivity (Wildman–Crippen MR) is 52.8 cm³/mol. The minimum Gasteiger partial charge on any atom is -0.310 e. The van der Waals surface area contributed by atoms with Crippen molar-refractivity contribution in [2.45, 2.75) is 20.8 Å². The summed E-state index contributed by atoms with van der Waals surface area (Å²) >= 11 is 0. The van der Waals surface area contributed by atoms with Crippen molar-refractivity contribution >= 4 is 34.7 Å². The minimum absolute atomic E-state index is 0. The average Bonchev–Trinajstić information content (AvgIpc) is 1.84. The molecule has 72 valence electrons. The Morgan fingerprint density at radius 2 is 1.67 bits per heavy atom. The fourth-order valence-electron chi connectivity index (χ4n) is 0.220. The molecule has 0 aliphatic heterocycles. The Labute approximate surface area is 86.4 Å². The summed E-state index contributed by atoms with van der Waals surface area (Å²) in [6.45, 7) is 6.62. The zero-order valence-corrected chi connectivity index (χ0v) is 8.56. The normalized spacial score (nSPS) is 10.0. The van der Waals surface area contributed by atoms with Gasteiger partial charge in [-0.25, -0.2) is 9.13 Å². The Balaban J connectivity index is -0.000000177. The van der Waals surface area contributed by atoms with Gasteiger partial charge in [-0.3, -0.25) is 4.52 Å². The van der Waals surface area contributed by atoms with E-state index in [9.17, 15) is 4.57 Å². The van der Waals surface area contributed by atoms with Gasteiger partial charge in [0, 0.05) is 0 Å². The summed E-state index contributed by atoms with van der Waals surface area (Å²) in [5.74, 6) is 0. The summed E-state index contributed by atoms with van der Waals surface area (Å²) in [5, 5.41) is 0. The van der Waals surface area contributed by atoms with Crippen LogP contribution in [-0.2, 0) is 13.7 Å². The standard InChI is InChI=1S/C5H11O2P.Al.HO2P.3H/c1-5(2,3)4-7-8-6;;1-3-2;;;/h4H2,1-3H3;;(H,1,2);;;. The molecule has 0 amide bonds. The van der Waals surface area contributed by atoms with E-state index in [2.05, 4.69) is 4.52 Å². The van der Waals surface area contributed by atoms with Crippen molar-refractivity contribution in [2.24, 2.45) is 5.41 Å². The van der Waals surface area contributed by atoms with Crippen LogP contribution in [0.3, 0.4) is 0 Å². The number of hydrogen-bond acceptors (Lipinski definition) is 3. The van der Waals surface area contributed by atoms with Gasteiger partial charge in [-0.05, 0) is 5.41 Å². The van der Waals surface area contributed by atoms with Crippen molar-refractivity contribution in [3.8, 4) is 0 Å². The maximum atomic E-state index is 9.73. The second-order valence-corrected chi connectivity index (χ2v) is 3.56. The maximum Gasteiger partial charge on any atom is 0.327 e. The topological polar surface area (TPSA) is 63.6 Å². The maximum absolute atomic E-state index is 9.73. The van der Waals surface area contributed by atoms with Crippen LogP contribution >= 0.6 is 17.4 Å². The van der Waals surface area contributed by atoms with Crippen LogP contribution in [-0.4, -0.2) is 28.9 Å². The Hall–Kier alpha value is 0.652. The van der Waals surface area contributed by atoms with Gasteiger partial charge in [-0.1, -0.05) is 20.8 Å². The Morgan fingerprint density at radius 3 is 1.75 bits per heavy atom. The third-order valence-electron chi connectivity index (χ3n) is 0.550. The summed E-state index contributed by atoms with van der Waals surface area (Å²) in [5.41, 5.74) is 0.122. The minimum atomic E-state index is -0.833. The van der Waals surface area contributed by atoms with Crippen molar-refractivity contribution < 1.29 is 18.5 Å². The van der Waals surface area contributed by atoms with Crippen LogP contribution in [0.2, 0.25) is 0 Å². The van der Waals surface area contributed by atoms with Gasteiger partial charge in [-0.15, -0.1) is 0 Å². The third kappa shape index (κ3) is 31.1. The molecule has 0 spiro atoms. The Bertz CT molecular complexity index is 115. The summed E-state index contributed by atoms with van der Waals surface area (Å²) in [6.07, 6.45) is 0. The molecule has 0 aromatic rings. The highest BCUT2D eigenvalue weighted by atomic mass is 31.1. The monoisotopic (exact) mass is 228 g/mol. The van der Waals surface area contributed by atoms with Crippen LogP contribution < -0.4 is 0 Å². The van der Waals surface area contributed by atoms with Crippen molar-refractivity contribution in [3.05, 3.63) is 0 Å². The highest BCUT2D eigenvalue weighted by molar-refractivity contribution is 7.17. The largest absolute Gasteiger partial charge is 0.327 e. The van der Waals surface area contributed by atoms with Gasteiger partial charge in [0.05, 0.1) is 6.61 Å². The molecule has 7 heteroatoms. The molecule has 0 unspecified atom stereocenters. The first kappa shape index (κ1) is 18.4. The Morgan fingerprint density at radius 1 is 1.33 bits per heavy atom. The van der Waals surface area contributed by atoms with Crippen molar-refractivity contribution in [1.82, 2.24) is 0 Å². The molecular weight excluding hydrogens is 213 g/mol. The van der Waals surface area contributed by atoms with Crippen molar-refractivity contribution in [1.29, 1.82) is 0 Å². The van der Waals surface area contributed by atoms with Crippen LogP contribution in [0.25, 0.3) is 0 Å². The first-order valence-corrected chi connectivity index (χ1v) is 4.39. The molecule has 0 atom stereocenters. The van der Waals surface area contributed by atoms with Gasteiger partial charge in [0.25, 0.3) is 0 Å². The van der Waals surface area contributed by atoms with Crippen molar-refractivity contribution in [3.63, 3.8) is 0 Å². The van der Waals surface area contributed by atoms with E-state index in [1.54, 1.807) is 0 Å². The first-order valence-electron chi connectivity index (χ1n) is 2.89. The number of hydrogen-bond donors (Lipinski definition) is 1. The molecule has 0 bridgehead atoms. The highest BCUT2D eigenvalue weighted by Gasteiger charge is 2.09. The quantitative estimate of drug-likeness (QED) is 0.570. The molecule has 0 saturated heterocycles. The molecule has 0 fully saturated rings. The third-order valence-corrected chi connectivity index (χ3v) is 0.785. The zero-order valence-electron chi connectivity index (χ0n) is 6.77. The molecule has 1 N–H and O–H groups in total. The van der Waals surface area contributed by atoms with Crippen molar-refractivity contribution in [2.75, 3.05) is 6.61 Å². The molecule has 0 aliphatic rings. The lowest BCUT2D eigenvalue weighted by Gasteiger charge is -2.13. The molecule has 4 nitrogen and oxygen atoms in total. The van der Waals surface area contributed by atoms with Gasteiger partial charge < -0.3 is 4.89 Å². The van der Waals surface area contributed by atoms with E-state index in [0.717, 1.165) is 0 Å². The van der Waals surface area contributed by atoms with Crippen LogP contribution in [0.4, 0.5) is 0 Å². The molecule has 0 heterocycles. The van der Waals surface area contributed by atoms with Gasteiger partial charge >= 0.3 is 17.4 Å². The van der Waals surface area contributed by atoms with Crippen LogP contribution in [0.1, 0.15) is 20.8 Å². The van der Waals surface area contributed by atoms with E-state index in [1.807, 2.05) is 20.8 Å². The first-order chi connectivity index (χ1) is 4.97. The summed E-state index contributed by atoms with van der Waals surface area (Å²) in [6, 6.07) is 0. The predicted octanol–water partition coefficient (Wildman–Crippen LogP) is 1.26. The van der Waals surface area contributed by atoms with E-state index in [0.29, 0.717) is 6.61 Å². The lowest BCUT2D eigenvalue weighted by molar-refractivity contribution is 0.214. The van der Waals surface area contributed by atoms with Gasteiger partial charge in [0.15, 0.2) is 17.4 Å². The summed E-state index contributed by atoms with van der Waals surface area (Å²) in [7, 11) is -1.05. The van der Waals surface area contributed by atoms with E-state index in [-0.39, 0.29) is 31.5 Å². The molecule has 0 rings (SSSR count). The fourth-order valence-corrected chi connectivity index (χ4v) is 0.660. The molecule has 0 aliphatic carbocycles. The lowest BCUT2D eigenvalue weighted by Crippen LogP contribution is -2.10. The molecule has 12 heavy (non-hydrogen) atoms. The van der Waals surface area contributed by atoms with E-state index >= 15 is 0 Å². The zero-order chi connectivity index (χ0) is 9.33. The second kappa shape index (κ2) is 11.7. The lowest BCUT2D eigenvalue weighted by atomic mass is 9.99. The molecular formula is C5H15AlO4P2. The van der Waals surface area contributed by atoms with E-state index in [4.69, 9.17) is 9.46 Å². The van der Waals surface area contributed by atoms with Crippen LogP contribution in [0, 0.1) is 5.41 Å². The SMILES string of the molecule is CC(C)(C)COP=O.O=PO.[AlH3]. The molecule has 0 aromatic carbocycles. The van der Waals surface area contributed by atoms with Crippen LogP contribution in [0.5, 0.6) is 0 Å². The van der Waals surface area contributed by atoms with E-state index in [1.165, 1.54) is 0 Å². The summed E-state index contributed by atoms with van der Waals surface area (Å²) in [4.78, 5) is 6.99. The fraction of sp³-hybridized carbons (Fsp3) is 1.00. The Kier molecular flexibility index (Phi) is 17.9. The molecule has 0 saturated carbocycles.